The van der Waals surface area contributed by atoms with Crippen LogP contribution in [0.3, 0.4) is 0 Å². The number of hydrogen-bond acceptors (Lipinski definition) is 15. The van der Waals surface area contributed by atoms with E-state index in [4.69, 9.17) is 24.3 Å². The van der Waals surface area contributed by atoms with Gasteiger partial charge in [-0.25, -0.2) is 0 Å². The second-order valence-corrected chi connectivity index (χ2v) is 19.0. The molecule has 0 radical (unpaired) electrons. The van der Waals surface area contributed by atoms with Crippen molar-refractivity contribution in [1.82, 2.24) is 0 Å². The number of azo groups is 4. The van der Waals surface area contributed by atoms with Crippen molar-refractivity contribution in [3.8, 4) is 11.5 Å². The van der Waals surface area contributed by atoms with Gasteiger partial charge in [-0.15, -0.1) is 10.2 Å². The fourth-order valence-electron chi connectivity index (χ4n) is 7.68. The summed E-state index contributed by atoms with van der Waals surface area (Å²) in [6, 6.07) is 35.7. The van der Waals surface area contributed by atoms with E-state index in [0.29, 0.717) is 58.8 Å². The Morgan fingerprint density at radius 1 is 0.507 bits per heavy atom. The Morgan fingerprint density at radius 3 is 1.20 bits per heavy atom. The number of carbonyl (C=O) groups excluding carboxylic acids is 1. The predicted octanol–water partition coefficient (Wildman–Crippen LogP) is 19.3. The highest BCUT2D eigenvalue weighted by molar-refractivity contribution is 5.75. The minimum Gasteiger partial charge on any atom is -0.494 e. The van der Waals surface area contributed by atoms with Gasteiger partial charge in [0.25, 0.3) is 0 Å². The molecule has 5 aromatic carbocycles. The zero-order valence-electron chi connectivity index (χ0n) is 45.5. The van der Waals surface area contributed by atoms with Crippen LogP contribution < -0.4 is 14.4 Å². The summed E-state index contributed by atoms with van der Waals surface area (Å²) in [5.74, 6) is 0.772. The maximum Gasteiger partial charge on any atom is 0.311 e. The molecule has 0 saturated heterocycles. The lowest BCUT2D eigenvalue weighted by molar-refractivity contribution is -0.445. The minimum atomic E-state index is -0.501. The summed E-state index contributed by atoms with van der Waals surface area (Å²) < 4.78 is 17.1. The van der Waals surface area contributed by atoms with Gasteiger partial charge >= 0.3 is 5.97 Å². The smallest absolute Gasteiger partial charge is 0.311 e. The Labute approximate surface area is 445 Å². The second-order valence-electron chi connectivity index (χ2n) is 19.0. The van der Waals surface area contributed by atoms with E-state index >= 15 is 0 Å². The molecule has 0 saturated carbocycles. The Kier molecular flexibility index (Phi) is 28.2. The quantitative estimate of drug-likeness (QED) is 0.0131. The van der Waals surface area contributed by atoms with E-state index in [1.165, 1.54) is 96.3 Å². The van der Waals surface area contributed by atoms with Crippen LogP contribution in [0.25, 0.3) is 0 Å². The van der Waals surface area contributed by atoms with Crippen LogP contribution in [-0.4, -0.2) is 51.9 Å². The van der Waals surface area contributed by atoms with E-state index in [2.05, 4.69) is 64.9 Å². The van der Waals surface area contributed by atoms with Crippen LogP contribution in [0.4, 0.5) is 51.2 Å². The molecule has 402 valence electrons. The molecule has 0 aromatic heterocycles. The van der Waals surface area contributed by atoms with Gasteiger partial charge in [0, 0.05) is 29.3 Å². The highest BCUT2D eigenvalue weighted by Gasteiger charge is 2.27. The number of benzene rings is 5. The van der Waals surface area contributed by atoms with E-state index in [9.17, 15) is 4.79 Å². The summed E-state index contributed by atoms with van der Waals surface area (Å²) in [5.41, 5.74) is 5.67. The standard InChI is InChI=1S/C58H77N9O4.CH3NO2/c1-7-9-10-11-12-13-14-15-16-17-18-19-20-21-22-26-41-67(42-43-71-57(68)58(3,4)8-2)52-39-37-51(38-40-52)64-66-54-45-55(69-5)53(44-56(54)70-6)65-63-50-35-33-49(34-36-50)62-61-48-31-29-47(30-32-48)60-59-46-27-24-23-25-28-46;1-2(3)4/h23-25,27-40,44-45H,7-22,26,41-43H2,1-6H3;1H3. The molecule has 0 aliphatic carbocycles. The number of unbranched alkanes of at least 4 members (excludes halogenated alkanes) is 15. The normalized spacial score (nSPS) is 11.6. The summed E-state index contributed by atoms with van der Waals surface area (Å²) in [6.45, 7) is 10.00. The Balaban J connectivity index is 0.00000293. The van der Waals surface area contributed by atoms with E-state index in [0.717, 1.165) is 43.5 Å². The van der Waals surface area contributed by atoms with Crippen molar-refractivity contribution in [2.24, 2.45) is 46.3 Å². The van der Waals surface area contributed by atoms with Crippen LogP contribution in [-0.2, 0) is 9.53 Å². The number of carbonyl (C=O) groups is 1. The van der Waals surface area contributed by atoms with Gasteiger partial charge in [0.2, 0.25) is 0 Å². The summed E-state index contributed by atoms with van der Waals surface area (Å²) >= 11 is 0. The molecule has 0 aliphatic heterocycles. The second kappa shape index (κ2) is 35.1. The maximum absolute atomic E-state index is 12.8. The lowest BCUT2D eigenvalue weighted by Crippen LogP contribution is -2.32. The number of hydrogen-bond donors (Lipinski definition) is 0. The van der Waals surface area contributed by atoms with Gasteiger partial charge in [-0.1, -0.05) is 128 Å². The first-order chi connectivity index (χ1) is 36.4. The van der Waals surface area contributed by atoms with E-state index in [-0.39, 0.29) is 5.97 Å². The summed E-state index contributed by atoms with van der Waals surface area (Å²) in [7, 11) is 4.03. The fraction of sp³-hybridized carbons (Fsp3) is 0.475. The molecule has 0 unspecified atom stereocenters. The van der Waals surface area contributed by atoms with Gasteiger partial charge in [-0.2, -0.15) is 30.7 Å². The zero-order chi connectivity index (χ0) is 53.9. The van der Waals surface area contributed by atoms with Crippen molar-refractivity contribution >= 4 is 57.2 Å². The van der Waals surface area contributed by atoms with Gasteiger partial charge in [-0.05, 0) is 112 Å². The van der Waals surface area contributed by atoms with Crippen LogP contribution in [0.2, 0.25) is 0 Å². The topological polar surface area (TPSA) is 190 Å². The van der Waals surface area contributed by atoms with Crippen molar-refractivity contribution in [1.29, 1.82) is 0 Å². The van der Waals surface area contributed by atoms with Crippen molar-refractivity contribution in [2.45, 2.75) is 137 Å². The number of rotatable bonds is 33. The molecule has 0 fully saturated rings. The number of nitrogens with zero attached hydrogens (tertiary/aromatic N) is 10. The third-order valence-electron chi connectivity index (χ3n) is 12.6. The molecule has 0 bridgehead atoms. The summed E-state index contributed by atoms with van der Waals surface area (Å²) in [4.78, 5) is 23.4. The van der Waals surface area contributed by atoms with Crippen molar-refractivity contribution in [2.75, 3.05) is 45.9 Å². The maximum atomic E-state index is 12.8. The average molecular weight is 1030 g/mol. The van der Waals surface area contributed by atoms with Crippen LogP contribution in [0.1, 0.15) is 137 Å². The van der Waals surface area contributed by atoms with E-state index in [1.807, 2.05) is 112 Å². The van der Waals surface area contributed by atoms with Crippen LogP contribution >= 0.6 is 0 Å². The number of anilines is 1. The summed E-state index contributed by atoms with van der Waals surface area (Å²) in [6.07, 6.45) is 22.1. The highest BCUT2D eigenvalue weighted by Crippen LogP contribution is 2.41. The first kappa shape index (κ1) is 60.3. The number of methoxy groups -OCH3 is 2. The number of ether oxygens (including phenoxy) is 3. The molecule has 16 heteroatoms. The highest BCUT2D eigenvalue weighted by atomic mass is 16.6. The molecule has 0 N–H and O–H groups in total. The average Bonchev–Trinajstić information content (AvgIpc) is 3.42. The lowest BCUT2D eigenvalue weighted by Gasteiger charge is -2.26. The first-order valence-electron chi connectivity index (χ1n) is 26.7. The van der Waals surface area contributed by atoms with Crippen molar-refractivity contribution in [3.05, 3.63) is 125 Å². The SMILES string of the molecule is CCCCCCCCCCCCCCCCCCN(CCOC(=O)C(C)(C)CC)c1ccc(N=Nc2cc(OC)c(N=Nc3ccc(N=Nc4ccc(N=Nc5ccccc5)cc4)cc3)cc2OC)cc1.C[N+](=O)[O-]. The molecule has 16 nitrogen and oxygen atoms in total. The molecule has 5 rings (SSSR count). The van der Waals surface area contributed by atoms with Crippen molar-refractivity contribution in [3.63, 3.8) is 0 Å². The van der Waals surface area contributed by atoms with Gasteiger partial charge in [0.1, 0.15) is 29.5 Å². The third-order valence-corrected chi connectivity index (χ3v) is 12.6. The van der Waals surface area contributed by atoms with Gasteiger partial charge in [-0.3, -0.25) is 14.9 Å². The van der Waals surface area contributed by atoms with Crippen molar-refractivity contribution < 1.29 is 23.9 Å². The third kappa shape index (κ3) is 24.1. The van der Waals surface area contributed by atoms with E-state index < -0.39 is 10.3 Å². The molecule has 0 amide bonds. The largest absolute Gasteiger partial charge is 0.494 e. The molecular formula is C59H80N10O6. The Bertz CT molecular complexity index is 2510. The lowest BCUT2D eigenvalue weighted by atomic mass is 9.91. The molecule has 0 atom stereocenters. The molecule has 0 heterocycles. The molecule has 0 aliphatic rings. The van der Waals surface area contributed by atoms with Gasteiger partial charge in [0.15, 0.2) is 7.05 Å². The van der Waals surface area contributed by atoms with Gasteiger partial charge < -0.3 is 19.1 Å². The predicted molar refractivity (Wildman–Crippen MR) is 302 cm³/mol. The Hall–Kier alpha value is -7.23. The van der Waals surface area contributed by atoms with Crippen LogP contribution in [0.15, 0.2) is 156 Å². The number of esters is 1. The zero-order valence-corrected chi connectivity index (χ0v) is 45.5. The fourth-order valence-corrected chi connectivity index (χ4v) is 7.68. The van der Waals surface area contributed by atoms with E-state index in [1.54, 1.807) is 26.4 Å². The minimum absolute atomic E-state index is 0.157. The Morgan fingerprint density at radius 2 is 0.840 bits per heavy atom. The van der Waals surface area contributed by atoms with Crippen LogP contribution in [0, 0.1) is 15.5 Å². The summed E-state index contributed by atoms with van der Waals surface area (Å²) in [5, 5.41) is 44.0. The molecule has 5 aromatic rings. The molecular weight excluding hydrogens is 945 g/mol. The first-order valence-corrected chi connectivity index (χ1v) is 26.7. The molecule has 75 heavy (non-hydrogen) atoms. The molecule has 0 spiro atoms. The van der Waals surface area contributed by atoms with Crippen LogP contribution in [0.5, 0.6) is 11.5 Å². The number of nitro groups is 1. The monoisotopic (exact) mass is 1020 g/mol. The van der Waals surface area contributed by atoms with Gasteiger partial charge in [0.05, 0.1) is 60.3 Å².